The molecule has 8 heteroatoms. The van der Waals surface area contributed by atoms with Crippen molar-refractivity contribution in [1.29, 1.82) is 0 Å². The van der Waals surface area contributed by atoms with Crippen LogP contribution in [0.3, 0.4) is 0 Å². The van der Waals surface area contributed by atoms with Gasteiger partial charge in [-0.1, -0.05) is 24.3 Å². The number of nitro benzene ring substituents is 1. The quantitative estimate of drug-likeness (QED) is 0.430. The van der Waals surface area contributed by atoms with Crippen LogP contribution in [0.1, 0.15) is 11.1 Å². The molecule has 136 valence electrons. The number of carbonyl (C=O) groups is 2. The van der Waals surface area contributed by atoms with Gasteiger partial charge in [-0.2, -0.15) is 0 Å². The molecule has 1 saturated heterocycles. The van der Waals surface area contributed by atoms with Crippen molar-refractivity contribution < 1.29 is 18.9 Å². The molecule has 0 atom stereocenters. The molecule has 0 N–H and O–H groups in total. The Morgan fingerprint density at radius 2 is 1.74 bits per heavy atom. The van der Waals surface area contributed by atoms with Crippen LogP contribution in [0, 0.1) is 15.9 Å². The molecule has 3 rings (SSSR count). The van der Waals surface area contributed by atoms with Gasteiger partial charge in [0.05, 0.1) is 16.4 Å². The summed E-state index contributed by atoms with van der Waals surface area (Å²) in [5.41, 5.74) is 1.37. The molecular weight excluding hydrogens is 371 g/mol. The minimum absolute atomic E-state index is 0.00550. The number of thioether (sulfide) groups is 1. The molecule has 2 amide bonds. The van der Waals surface area contributed by atoms with Crippen molar-refractivity contribution >= 4 is 34.7 Å². The third-order valence-corrected chi connectivity index (χ3v) is 4.69. The highest BCUT2D eigenvalue weighted by Gasteiger charge is 2.34. The number of imide groups is 1. The van der Waals surface area contributed by atoms with Crippen molar-refractivity contribution in [1.82, 2.24) is 4.90 Å². The second-order valence-corrected chi connectivity index (χ2v) is 6.62. The predicted molar refractivity (Wildman–Crippen MR) is 100 cm³/mol. The summed E-state index contributed by atoms with van der Waals surface area (Å²) in [6, 6.07) is 11.5. The zero-order valence-electron chi connectivity index (χ0n) is 13.9. The summed E-state index contributed by atoms with van der Waals surface area (Å²) in [5.74, 6) is -0.799. The zero-order chi connectivity index (χ0) is 19.4. The van der Waals surface area contributed by atoms with E-state index in [1.807, 2.05) is 0 Å². The highest BCUT2D eigenvalue weighted by molar-refractivity contribution is 8.18. The number of halogens is 1. The molecule has 0 aromatic heterocycles. The first kappa shape index (κ1) is 18.5. The summed E-state index contributed by atoms with van der Waals surface area (Å²) in [7, 11) is 0. The molecule has 2 aromatic rings. The van der Waals surface area contributed by atoms with Gasteiger partial charge < -0.3 is 0 Å². The van der Waals surface area contributed by atoms with E-state index in [2.05, 4.69) is 0 Å². The van der Waals surface area contributed by atoms with E-state index in [-0.39, 0.29) is 28.2 Å². The lowest BCUT2D eigenvalue weighted by molar-refractivity contribution is -0.384. The zero-order valence-corrected chi connectivity index (χ0v) is 14.7. The van der Waals surface area contributed by atoms with Crippen molar-refractivity contribution in [2.45, 2.75) is 6.54 Å². The fourth-order valence-electron chi connectivity index (χ4n) is 2.38. The first-order valence-electron chi connectivity index (χ1n) is 7.85. The Morgan fingerprint density at radius 3 is 2.37 bits per heavy atom. The fourth-order valence-corrected chi connectivity index (χ4v) is 3.17. The summed E-state index contributed by atoms with van der Waals surface area (Å²) >= 11 is 0.830. The lowest BCUT2D eigenvalue weighted by Crippen LogP contribution is -2.27. The SMILES string of the molecule is O=C1S/C(=C\C=C\c2ccc([N+](=O)[O-])cc2)C(=O)N1Cc1ccc(F)cc1. The van der Waals surface area contributed by atoms with Crippen molar-refractivity contribution in [3.63, 3.8) is 0 Å². The first-order valence-corrected chi connectivity index (χ1v) is 8.66. The van der Waals surface area contributed by atoms with Crippen LogP contribution in [-0.2, 0) is 11.3 Å². The molecule has 0 unspecified atom stereocenters. The van der Waals surface area contributed by atoms with E-state index in [4.69, 9.17) is 0 Å². The molecule has 0 bridgehead atoms. The second-order valence-electron chi connectivity index (χ2n) is 5.62. The highest BCUT2D eigenvalue weighted by atomic mass is 32.2. The third-order valence-electron chi connectivity index (χ3n) is 3.77. The van der Waals surface area contributed by atoms with E-state index in [0.29, 0.717) is 5.56 Å². The van der Waals surface area contributed by atoms with Crippen molar-refractivity contribution in [2.24, 2.45) is 0 Å². The molecule has 0 saturated carbocycles. The topological polar surface area (TPSA) is 80.5 Å². The summed E-state index contributed by atoms with van der Waals surface area (Å²) in [5, 5.41) is 10.2. The molecular formula is C19H13FN2O4S. The fraction of sp³-hybridized carbons (Fsp3) is 0.0526. The van der Waals surface area contributed by atoms with Crippen LogP contribution >= 0.6 is 11.8 Å². The molecule has 1 aliphatic rings. The van der Waals surface area contributed by atoms with Gasteiger partial charge in [0.25, 0.3) is 16.8 Å². The van der Waals surface area contributed by atoms with Crippen LogP contribution in [0.25, 0.3) is 6.08 Å². The maximum Gasteiger partial charge on any atom is 0.293 e. The van der Waals surface area contributed by atoms with Gasteiger partial charge in [0, 0.05) is 12.1 Å². The molecule has 1 aliphatic heterocycles. The minimum Gasteiger partial charge on any atom is -0.268 e. The van der Waals surface area contributed by atoms with E-state index in [1.165, 1.54) is 42.5 Å². The van der Waals surface area contributed by atoms with Crippen molar-refractivity contribution in [3.05, 3.63) is 92.6 Å². The molecule has 0 spiro atoms. The summed E-state index contributed by atoms with van der Waals surface area (Å²) in [6.45, 7) is 0.0777. The van der Waals surface area contributed by atoms with E-state index in [0.717, 1.165) is 22.2 Å². The van der Waals surface area contributed by atoms with E-state index >= 15 is 0 Å². The lowest BCUT2D eigenvalue weighted by Gasteiger charge is -2.12. The average molecular weight is 384 g/mol. The van der Waals surface area contributed by atoms with E-state index < -0.39 is 10.8 Å². The van der Waals surface area contributed by atoms with Gasteiger partial charge in [0.1, 0.15) is 5.82 Å². The van der Waals surface area contributed by atoms with Crippen LogP contribution in [-0.4, -0.2) is 21.0 Å². The standard InChI is InChI=1S/C19H13FN2O4S/c20-15-8-4-14(5-9-15)12-21-18(23)17(27-19(21)24)3-1-2-13-6-10-16(11-7-13)22(25)26/h1-11H,12H2/b2-1+,17-3-. The number of rotatable bonds is 5. The number of amides is 2. The normalized spacial score (nSPS) is 15.9. The number of nitrogens with zero attached hydrogens (tertiary/aromatic N) is 2. The molecule has 0 radical (unpaired) electrons. The second kappa shape index (κ2) is 7.96. The number of benzene rings is 2. The number of carbonyl (C=O) groups excluding carboxylic acids is 2. The summed E-state index contributed by atoms with van der Waals surface area (Å²) in [4.78, 5) is 36.0. The predicted octanol–water partition coefficient (Wildman–Crippen LogP) is 4.53. The molecule has 1 fully saturated rings. The first-order chi connectivity index (χ1) is 12.9. The largest absolute Gasteiger partial charge is 0.293 e. The number of hydrogen-bond acceptors (Lipinski definition) is 5. The van der Waals surface area contributed by atoms with Crippen LogP contribution in [0.2, 0.25) is 0 Å². The highest BCUT2D eigenvalue weighted by Crippen LogP contribution is 2.31. The minimum atomic E-state index is -0.482. The van der Waals surface area contributed by atoms with Crippen molar-refractivity contribution in [2.75, 3.05) is 0 Å². The maximum atomic E-state index is 13.0. The Balaban J connectivity index is 1.68. The Labute approximate surface area is 158 Å². The Hall–Kier alpha value is -3.26. The van der Waals surface area contributed by atoms with Gasteiger partial charge in [-0.05, 0) is 53.2 Å². The van der Waals surface area contributed by atoms with Gasteiger partial charge in [-0.25, -0.2) is 4.39 Å². The van der Waals surface area contributed by atoms with Gasteiger partial charge in [0.15, 0.2) is 0 Å². The van der Waals surface area contributed by atoms with Gasteiger partial charge in [0.2, 0.25) is 0 Å². The van der Waals surface area contributed by atoms with Crippen LogP contribution < -0.4 is 0 Å². The third kappa shape index (κ3) is 4.48. The number of non-ortho nitro benzene ring substituents is 1. The molecule has 2 aromatic carbocycles. The van der Waals surface area contributed by atoms with Crippen LogP contribution in [0.4, 0.5) is 14.9 Å². The molecule has 27 heavy (non-hydrogen) atoms. The summed E-state index contributed by atoms with van der Waals surface area (Å²) in [6.07, 6.45) is 4.81. The Bertz CT molecular complexity index is 953. The number of nitro groups is 1. The Kier molecular flexibility index (Phi) is 5.46. The number of hydrogen-bond donors (Lipinski definition) is 0. The molecule has 6 nitrogen and oxygen atoms in total. The smallest absolute Gasteiger partial charge is 0.268 e. The van der Waals surface area contributed by atoms with Crippen molar-refractivity contribution in [3.8, 4) is 0 Å². The molecule has 0 aliphatic carbocycles. The monoisotopic (exact) mass is 384 g/mol. The van der Waals surface area contributed by atoms with Crippen LogP contribution in [0.5, 0.6) is 0 Å². The van der Waals surface area contributed by atoms with E-state index in [1.54, 1.807) is 24.3 Å². The Morgan fingerprint density at radius 1 is 1.07 bits per heavy atom. The van der Waals surface area contributed by atoms with Gasteiger partial charge >= 0.3 is 0 Å². The summed E-state index contributed by atoms with van der Waals surface area (Å²) < 4.78 is 13.0. The van der Waals surface area contributed by atoms with E-state index in [9.17, 15) is 24.1 Å². The maximum absolute atomic E-state index is 13.0. The number of allylic oxidation sites excluding steroid dienone is 2. The van der Waals surface area contributed by atoms with Gasteiger partial charge in [-0.15, -0.1) is 0 Å². The van der Waals surface area contributed by atoms with Gasteiger partial charge in [-0.3, -0.25) is 24.6 Å². The van der Waals surface area contributed by atoms with Crippen LogP contribution in [0.15, 0.2) is 65.6 Å². The average Bonchev–Trinajstić information content (AvgIpc) is 2.91. The molecule has 1 heterocycles. The lowest BCUT2D eigenvalue weighted by atomic mass is 10.2.